The molecule has 0 unspecified atom stereocenters. The first kappa shape index (κ1) is 45.7. The van der Waals surface area contributed by atoms with E-state index < -0.39 is 17.9 Å². The maximum atomic E-state index is 14.0. The average Bonchev–Trinajstić information content (AvgIpc) is 4.04. The summed E-state index contributed by atoms with van der Waals surface area (Å²) in [4.78, 5) is 48.1. The molecule has 0 amide bonds. The SMILES string of the molecule is O=C(O)CCN1CCC(c2c[nH]c3ccc(F)cc23)CC1.O=C(O)CCN1CCC(c2c[nH]c3cccc(Cl)c23)CC1.O=C(O)CCN1CCC(c2c[nH]c3cccc(F)c23)CC1. The van der Waals surface area contributed by atoms with E-state index in [1.807, 2.05) is 36.7 Å². The lowest BCUT2D eigenvalue weighted by Gasteiger charge is -2.31. The number of carboxylic acid groups (broad SMARTS) is 3. The highest BCUT2D eigenvalue weighted by Crippen LogP contribution is 2.38. The number of hydrogen-bond donors (Lipinski definition) is 6. The number of aliphatic carboxylic acids is 3. The monoisotopic (exact) mass is 886 g/mol. The number of benzene rings is 3. The van der Waals surface area contributed by atoms with Gasteiger partial charge in [0.25, 0.3) is 0 Å². The van der Waals surface area contributed by atoms with Crippen LogP contribution in [0.3, 0.4) is 0 Å². The van der Waals surface area contributed by atoms with Crippen LogP contribution in [-0.2, 0) is 14.4 Å². The van der Waals surface area contributed by atoms with Crippen molar-refractivity contribution in [2.45, 2.75) is 75.5 Å². The number of piperidine rings is 3. The molecule has 6 N–H and O–H groups in total. The van der Waals surface area contributed by atoms with Crippen molar-refractivity contribution in [1.29, 1.82) is 0 Å². The maximum Gasteiger partial charge on any atom is 0.304 e. The normalized spacial score (nSPS) is 17.4. The van der Waals surface area contributed by atoms with Crippen molar-refractivity contribution in [2.24, 2.45) is 0 Å². The van der Waals surface area contributed by atoms with Crippen LogP contribution in [0.2, 0.25) is 5.02 Å². The Morgan fingerprint density at radius 1 is 0.556 bits per heavy atom. The predicted octanol–water partition coefficient (Wildman–Crippen LogP) is 9.40. The lowest BCUT2D eigenvalue weighted by Crippen LogP contribution is -2.34. The van der Waals surface area contributed by atoms with E-state index in [2.05, 4.69) is 35.8 Å². The van der Waals surface area contributed by atoms with Gasteiger partial charge in [-0.1, -0.05) is 23.7 Å². The molecule has 0 saturated carbocycles. The Morgan fingerprint density at radius 3 is 1.46 bits per heavy atom. The van der Waals surface area contributed by atoms with Gasteiger partial charge in [-0.2, -0.15) is 0 Å². The highest BCUT2D eigenvalue weighted by Gasteiger charge is 2.26. The fraction of sp³-hybridized carbons (Fsp3) is 0.438. The smallest absolute Gasteiger partial charge is 0.304 e. The number of hydrogen-bond acceptors (Lipinski definition) is 6. The molecular formula is C48H57ClF2N6O6. The van der Waals surface area contributed by atoms with Crippen LogP contribution < -0.4 is 0 Å². The molecule has 3 aromatic heterocycles. The van der Waals surface area contributed by atoms with Gasteiger partial charge in [0.2, 0.25) is 0 Å². The van der Waals surface area contributed by atoms with Gasteiger partial charge < -0.3 is 45.0 Å². The minimum atomic E-state index is -0.754. The summed E-state index contributed by atoms with van der Waals surface area (Å²) in [6.45, 7) is 7.33. The molecule has 0 radical (unpaired) electrons. The topological polar surface area (TPSA) is 169 Å². The Morgan fingerprint density at radius 2 is 0.968 bits per heavy atom. The Balaban J connectivity index is 0.000000142. The number of aromatic amines is 3. The van der Waals surface area contributed by atoms with Crippen molar-refractivity contribution in [3.8, 4) is 0 Å². The predicted molar refractivity (Wildman–Crippen MR) is 242 cm³/mol. The largest absolute Gasteiger partial charge is 0.481 e. The summed E-state index contributed by atoms with van der Waals surface area (Å²) in [5, 5.41) is 29.8. The van der Waals surface area contributed by atoms with Crippen molar-refractivity contribution in [1.82, 2.24) is 29.7 Å². The number of nitrogens with zero attached hydrogens (tertiary/aromatic N) is 3. The molecule has 0 aliphatic carbocycles. The Hall–Kier alpha value is -5.28. The van der Waals surface area contributed by atoms with Crippen molar-refractivity contribution >= 4 is 62.2 Å². The zero-order chi connectivity index (χ0) is 44.5. The summed E-state index contributed by atoms with van der Waals surface area (Å²) in [6, 6.07) is 15.9. The molecule has 63 heavy (non-hydrogen) atoms. The lowest BCUT2D eigenvalue weighted by atomic mass is 9.89. The summed E-state index contributed by atoms with van der Waals surface area (Å²) >= 11 is 6.34. The fourth-order valence-electron chi connectivity index (χ4n) is 9.59. The van der Waals surface area contributed by atoms with Crippen LogP contribution in [0.4, 0.5) is 8.78 Å². The maximum absolute atomic E-state index is 14.0. The molecular weight excluding hydrogens is 830 g/mol. The summed E-state index contributed by atoms with van der Waals surface area (Å²) in [5.41, 5.74) is 6.45. The number of nitrogens with one attached hydrogen (secondary N) is 3. The molecule has 3 fully saturated rings. The first-order valence-electron chi connectivity index (χ1n) is 22.0. The van der Waals surface area contributed by atoms with E-state index in [1.54, 1.807) is 18.2 Å². The van der Waals surface area contributed by atoms with Gasteiger partial charge in [0.1, 0.15) is 11.6 Å². The summed E-state index contributed by atoms with van der Waals surface area (Å²) in [6.07, 6.45) is 12.6. The molecule has 3 aliphatic rings. The van der Waals surface area contributed by atoms with Crippen LogP contribution in [0.5, 0.6) is 0 Å². The summed E-state index contributed by atoms with van der Waals surface area (Å²) < 4.78 is 27.4. The second-order valence-corrected chi connectivity index (χ2v) is 17.4. The number of rotatable bonds is 12. The summed E-state index contributed by atoms with van der Waals surface area (Å²) in [7, 11) is 0. The van der Waals surface area contributed by atoms with E-state index in [1.165, 1.54) is 23.3 Å². The molecule has 3 saturated heterocycles. The van der Waals surface area contributed by atoms with E-state index in [0.717, 1.165) is 116 Å². The van der Waals surface area contributed by atoms with Crippen LogP contribution in [0.15, 0.2) is 73.2 Å². The minimum Gasteiger partial charge on any atom is -0.481 e. The van der Waals surface area contributed by atoms with Gasteiger partial charge in [0, 0.05) is 70.9 Å². The Bertz CT molecular complexity index is 2370. The minimum absolute atomic E-state index is 0.169. The van der Waals surface area contributed by atoms with Crippen LogP contribution in [-0.4, -0.2) is 122 Å². The first-order chi connectivity index (χ1) is 30.4. The van der Waals surface area contributed by atoms with E-state index >= 15 is 0 Å². The number of carboxylic acids is 3. The highest BCUT2D eigenvalue weighted by atomic mass is 35.5. The zero-order valence-electron chi connectivity index (χ0n) is 35.4. The van der Waals surface area contributed by atoms with Crippen LogP contribution in [0.1, 0.15) is 92.2 Å². The van der Waals surface area contributed by atoms with E-state index in [0.29, 0.717) is 42.8 Å². The first-order valence-corrected chi connectivity index (χ1v) is 22.4. The third-order valence-electron chi connectivity index (χ3n) is 13.1. The van der Waals surface area contributed by atoms with Crippen LogP contribution in [0, 0.1) is 11.6 Å². The highest BCUT2D eigenvalue weighted by molar-refractivity contribution is 6.35. The molecule has 12 nitrogen and oxygen atoms in total. The van der Waals surface area contributed by atoms with E-state index in [4.69, 9.17) is 26.9 Å². The molecule has 6 aromatic rings. The molecule has 336 valence electrons. The van der Waals surface area contributed by atoms with Gasteiger partial charge in [-0.15, -0.1) is 0 Å². The standard InChI is InChI=1S/C16H19ClN2O2.2C16H19FN2O2/c17-13-2-1-3-14-16(13)12(10-18-14)11-4-7-19(8-5-11)9-6-15(20)21;17-12-1-2-15-13(9-12)14(10-18-15)11-3-6-19(7-4-11)8-5-16(20)21;17-13-2-1-3-14-16(13)12(10-18-14)11-4-7-19(8-5-11)9-6-15(20)21/h1-3,10-11,18H,4-9H2,(H,20,21);1-2,9-11,18H,3-8H2,(H,20,21);1-3,10-11,18H,4-9H2,(H,20,21). The van der Waals surface area contributed by atoms with E-state index in [-0.39, 0.29) is 30.9 Å². The molecule has 3 aromatic carbocycles. The fourth-order valence-corrected chi connectivity index (χ4v) is 9.87. The van der Waals surface area contributed by atoms with Crippen LogP contribution >= 0.6 is 11.6 Å². The van der Waals surface area contributed by atoms with Crippen molar-refractivity contribution in [3.05, 3.63) is 107 Å². The molecule has 3 aliphatic heterocycles. The average molecular weight is 887 g/mol. The van der Waals surface area contributed by atoms with Gasteiger partial charge in [-0.05, 0) is 155 Å². The molecule has 0 spiro atoms. The van der Waals surface area contributed by atoms with Gasteiger partial charge in [0.15, 0.2) is 0 Å². The Labute approximate surface area is 370 Å². The molecule has 6 heterocycles. The van der Waals surface area contributed by atoms with Crippen LogP contribution in [0.25, 0.3) is 32.7 Å². The number of carbonyl (C=O) groups is 3. The van der Waals surface area contributed by atoms with Gasteiger partial charge in [-0.3, -0.25) is 14.4 Å². The van der Waals surface area contributed by atoms with Gasteiger partial charge in [-0.25, -0.2) is 8.78 Å². The van der Waals surface area contributed by atoms with Crippen molar-refractivity contribution in [2.75, 3.05) is 58.9 Å². The second-order valence-electron chi connectivity index (χ2n) is 17.0. The Kier molecular flexibility index (Phi) is 15.5. The van der Waals surface area contributed by atoms with Gasteiger partial charge in [0.05, 0.1) is 24.3 Å². The number of aromatic nitrogens is 3. The molecule has 0 bridgehead atoms. The third kappa shape index (κ3) is 11.8. The number of halogens is 3. The zero-order valence-corrected chi connectivity index (χ0v) is 36.2. The van der Waals surface area contributed by atoms with E-state index in [9.17, 15) is 23.2 Å². The molecule has 15 heteroatoms. The second kappa shape index (κ2) is 21.4. The van der Waals surface area contributed by atoms with Gasteiger partial charge >= 0.3 is 17.9 Å². The number of H-pyrrole nitrogens is 3. The molecule has 0 atom stereocenters. The number of likely N-dealkylation sites (tertiary alicyclic amines) is 3. The lowest BCUT2D eigenvalue weighted by molar-refractivity contribution is -0.138. The summed E-state index contributed by atoms with van der Waals surface area (Å²) in [5.74, 6) is -1.34. The van der Waals surface area contributed by atoms with Crippen molar-refractivity contribution in [3.63, 3.8) is 0 Å². The van der Waals surface area contributed by atoms with Crippen molar-refractivity contribution < 1.29 is 38.5 Å². The number of fused-ring (bicyclic) bond motifs is 3. The molecule has 9 rings (SSSR count). The third-order valence-corrected chi connectivity index (χ3v) is 13.4. The quantitative estimate of drug-likeness (QED) is 0.0701.